The fraction of sp³-hybridized carbons (Fsp3) is 0.150. The van der Waals surface area contributed by atoms with Gasteiger partial charge in [-0.1, -0.05) is 48.0 Å². The first-order valence-corrected chi connectivity index (χ1v) is 8.15. The van der Waals surface area contributed by atoms with Crippen LogP contribution < -0.4 is 10.6 Å². The van der Waals surface area contributed by atoms with Gasteiger partial charge in [0.25, 0.3) is 5.91 Å². The van der Waals surface area contributed by atoms with Crippen molar-refractivity contribution in [3.05, 3.63) is 83.4 Å². The maximum absolute atomic E-state index is 12.2. The molecule has 1 unspecified atom stereocenters. The molecule has 1 heterocycles. The van der Waals surface area contributed by atoms with Crippen LogP contribution in [0.15, 0.2) is 66.7 Å². The molecule has 2 N–H and O–H groups in total. The third-order valence-electron chi connectivity index (χ3n) is 3.88. The van der Waals surface area contributed by atoms with E-state index in [4.69, 9.17) is 0 Å². The maximum Gasteiger partial charge on any atom is 0.256 e. The van der Waals surface area contributed by atoms with E-state index in [1.165, 1.54) is 5.56 Å². The molecule has 0 aliphatic carbocycles. The van der Waals surface area contributed by atoms with Gasteiger partial charge in [0, 0.05) is 11.6 Å². The fourth-order valence-electron chi connectivity index (χ4n) is 2.42. The number of benzene rings is 2. The molecule has 25 heavy (non-hydrogen) atoms. The summed E-state index contributed by atoms with van der Waals surface area (Å²) < 4.78 is 0. The Kier molecular flexibility index (Phi) is 5.04. The van der Waals surface area contributed by atoms with Crippen molar-refractivity contribution in [3.63, 3.8) is 0 Å². The number of rotatable bonds is 5. The number of nitrogens with one attached hydrogen (secondary N) is 2. The molecule has 5 nitrogen and oxygen atoms in total. The van der Waals surface area contributed by atoms with Crippen LogP contribution in [-0.4, -0.2) is 16.1 Å². The van der Waals surface area contributed by atoms with Gasteiger partial charge in [0.15, 0.2) is 5.82 Å². The van der Waals surface area contributed by atoms with E-state index in [2.05, 4.69) is 39.9 Å². The predicted molar refractivity (Wildman–Crippen MR) is 99.6 cm³/mol. The maximum atomic E-state index is 12.2. The first kappa shape index (κ1) is 16.6. The number of carbonyl (C=O) groups is 1. The number of hydrogen-bond acceptors (Lipinski definition) is 4. The zero-order valence-corrected chi connectivity index (χ0v) is 14.2. The minimum absolute atomic E-state index is 0.114. The first-order chi connectivity index (χ1) is 12.1. The molecule has 5 heteroatoms. The quantitative estimate of drug-likeness (QED) is 0.734. The lowest BCUT2D eigenvalue weighted by atomic mass is 10.1. The highest BCUT2D eigenvalue weighted by atomic mass is 16.1. The van der Waals surface area contributed by atoms with E-state index in [0.29, 0.717) is 17.2 Å². The van der Waals surface area contributed by atoms with E-state index >= 15 is 0 Å². The molecule has 2 aromatic carbocycles. The molecule has 0 bridgehead atoms. The largest absolute Gasteiger partial charge is 0.362 e. The second kappa shape index (κ2) is 7.57. The Hall–Kier alpha value is -3.21. The molecule has 0 aliphatic heterocycles. The van der Waals surface area contributed by atoms with E-state index in [-0.39, 0.29) is 11.9 Å². The number of anilines is 2. The molecule has 0 saturated heterocycles. The summed E-state index contributed by atoms with van der Waals surface area (Å²) in [5, 5.41) is 14.2. The molecule has 3 rings (SSSR count). The number of aryl methyl sites for hydroxylation is 1. The van der Waals surface area contributed by atoms with E-state index in [1.54, 1.807) is 24.3 Å². The summed E-state index contributed by atoms with van der Waals surface area (Å²) in [5.41, 5.74) is 2.87. The highest BCUT2D eigenvalue weighted by Gasteiger charge is 2.08. The van der Waals surface area contributed by atoms with Crippen LogP contribution in [0.5, 0.6) is 0 Å². The molecule has 3 aromatic rings. The smallest absolute Gasteiger partial charge is 0.256 e. The summed E-state index contributed by atoms with van der Waals surface area (Å²) in [7, 11) is 0. The first-order valence-electron chi connectivity index (χ1n) is 8.15. The standard InChI is InChI=1S/C20H20N4O/c1-14-8-10-17(11-9-14)20(25)22-19-13-12-18(23-24-19)21-15(2)16-6-4-3-5-7-16/h3-13,15H,1-2H3,(H,21,23)(H,22,24,25). The highest BCUT2D eigenvalue weighted by Crippen LogP contribution is 2.17. The molecule has 1 atom stereocenters. The minimum atomic E-state index is -0.201. The normalized spacial score (nSPS) is 11.6. The number of nitrogens with zero attached hydrogens (tertiary/aromatic N) is 2. The Balaban J connectivity index is 1.62. The minimum Gasteiger partial charge on any atom is -0.362 e. The molecule has 0 fully saturated rings. The van der Waals surface area contributed by atoms with Crippen LogP contribution in [0.1, 0.15) is 34.5 Å². The van der Waals surface area contributed by atoms with Crippen molar-refractivity contribution < 1.29 is 4.79 Å². The summed E-state index contributed by atoms with van der Waals surface area (Å²) in [6.45, 7) is 4.04. The van der Waals surface area contributed by atoms with Crippen LogP contribution in [0.4, 0.5) is 11.6 Å². The van der Waals surface area contributed by atoms with Gasteiger partial charge in [-0.3, -0.25) is 4.79 Å². The van der Waals surface area contributed by atoms with Crippen molar-refractivity contribution in [2.45, 2.75) is 19.9 Å². The lowest BCUT2D eigenvalue weighted by Crippen LogP contribution is -2.14. The Morgan fingerprint density at radius 2 is 1.52 bits per heavy atom. The van der Waals surface area contributed by atoms with Gasteiger partial charge in [-0.15, -0.1) is 10.2 Å². The number of hydrogen-bond donors (Lipinski definition) is 2. The van der Waals surface area contributed by atoms with E-state index < -0.39 is 0 Å². The second-order valence-corrected chi connectivity index (χ2v) is 5.90. The monoisotopic (exact) mass is 332 g/mol. The average Bonchev–Trinajstić information content (AvgIpc) is 2.64. The topological polar surface area (TPSA) is 66.9 Å². The van der Waals surface area contributed by atoms with Gasteiger partial charge in [-0.2, -0.15) is 0 Å². The van der Waals surface area contributed by atoms with E-state index in [0.717, 1.165) is 5.56 Å². The van der Waals surface area contributed by atoms with Crippen LogP contribution in [0, 0.1) is 6.92 Å². The Morgan fingerprint density at radius 1 is 0.880 bits per heavy atom. The lowest BCUT2D eigenvalue weighted by Gasteiger charge is -2.14. The zero-order chi connectivity index (χ0) is 17.6. The molecule has 126 valence electrons. The van der Waals surface area contributed by atoms with Gasteiger partial charge in [0.05, 0.1) is 0 Å². The summed E-state index contributed by atoms with van der Waals surface area (Å²) in [6.07, 6.45) is 0. The van der Waals surface area contributed by atoms with Gasteiger partial charge in [-0.25, -0.2) is 0 Å². The Labute approximate surface area is 147 Å². The number of amides is 1. The second-order valence-electron chi connectivity index (χ2n) is 5.90. The van der Waals surface area contributed by atoms with Crippen molar-refractivity contribution in [1.29, 1.82) is 0 Å². The number of aromatic nitrogens is 2. The van der Waals surface area contributed by atoms with Crippen LogP contribution in [0.2, 0.25) is 0 Å². The van der Waals surface area contributed by atoms with Gasteiger partial charge < -0.3 is 10.6 Å². The number of carbonyl (C=O) groups excluding carboxylic acids is 1. The fourth-order valence-corrected chi connectivity index (χ4v) is 2.42. The third-order valence-corrected chi connectivity index (χ3v) is 3.88. The van der Waals surface area contributed by atoms with Gasteiger partial charge in [0.2, 0.25) is 0 Å². The van der Waals surface area contributed by atoms with Crippen molar-refractivity contribution in [2.75, 3.05) is 10.6 Å². The summed E-state index contributed by atoms with van der Waals surface area (Å²) in [6, 6.07) is 21.1. The Bertz CT molecular complexity index is 830. The molecular weight excluding hydrogens is 312 g/mol. The summed E-state index contributed by atoms with van der Waals surface area (Å²) in [5.74, 6) is 0.876. The molecule has 0 aliphatic rings. The predicted octanol–water partition coefficient (Wildman–Crippen LogP) is 4.21. The lowest BCUT2D eigenvalue weighted by molar-refractivity contribution is 0.102. The van der Waals surface area contributed by atoms with E-state index in [1.807, 2.05) is 37.3 Å². The van der Waals surface area contributed by atoms with Crippen LogP contribution in [0.25, 0.3) is 0 Å². The molecule has 0 radical (unpaired) electrons. The Morgan fingerprint density at radius 3 is 2.16 bits per heavy atom. The van der Waals surface area contributed by atoms with E-state index in [9.17, 15) is 4.79 Å². The highest BCUT2D eigenvalue weighted by molar-refractivity contribution is 6.03. The van der Waals surface area contributed by atoms with Gasteiger partial charge in [0.1, 0.15) is 5.82 Å². The van der Waals surface area contributed by atoms with Crippen LogP contribution >= 0.6 is 0 Å². The van der Waals surface area contributed by atoms with Crippen molar-refractivity contribution in [2.24, 2.45) is 0 Å². The third kappa shape index (κ3) is 4.41. The van der Waals surface area contributed by atoms with Crippen LogP contribution in [-0.2, 0) is 0 Å². The zero-order valence-electron chi connectivity index (χ0n) is 14.2. The summed E-state index contributed by atoms with van der Waals surface area (Å²) >= 11 is 0. The molecule has 1 aromatic heterocycles. The molecule has 1 amide bonds. The molecular formula is C20H20N4O. The van der Waals surface area contributed by atoms with Gasteiger partial charge in [-0.05, 0) is 43.7 Å². The average molecular weight is 332 g/mol. The SMILES string of the molecule is Cc1ccc(C(=O)Nc2ccc(NC(C)c3ccccc3)nn2)cc1. The van der Waals surface area contributed by atoms with Crippen molar-refractivity contribution >= 4 is 17.5 Å². The van der Waals surface area contributed by atoms with Gasteiger partial charge >= 0.3 is 0 Å². The molecule has 0 saturated carbocycles. The van der Waals surface area contributed by atoms with Crippen molar-refractivity contribution in [3.8, 4) is 0 Å². The van der Waals surface area contributed by atoms with Crippen molar-refractivity contribution in [1.82, 2.24) is 10.2 Å². The molecule has 0 spiro atoms. The summed E-state index contributed by atoms with van der Waals surface area (Å²) in [4.78, 5) is 12.2. The van der Waals surface area contributed by atoms with Crippen LogP contribution in [0.3, 0.4) is 0 Å².